The highest BCUT2D eigenvalue weighted by Gasteiger charge is 2.28. The summed E-state index contributed by atoms with van der Waals surface area (Å²) in [7, 11) is 0. The molecular weight excluding hydrogens is 385 g/mol. The van der Waals surface area contributed by atoms with Gasteiger partial charge in [0, 0.05) is 0 Å². The van der Waals surface area contributed by atoms with E-state index in [1.807, 2.05) is 0 Å². The number of carbonyl (C=O) groups is 1. The number of benzene rings is 1. The van der Waals surface area contributed by atoms with E-state index in [-0.39, 0.29) is 17.4 Å². The van der Waals surface area contributed by atoms with Gasteiger partial charge in [0.1, 0.15) is 5.60 Å². The van der Waals surface area contributed by atoms with Gasteiger partial charge in [-0.25, -0.2) is 9.18 Å². The van der Waals surface area contributed by atoms with Gasteiger partial charge in [0.25, 0.3) is 0 Å². The van der Waals surface area contributed by atoms with E-state index in [1.54, 1.807) is 33.8 Å². The largest absolute Gasteiger partial charge is 0.489 e. The predicted molar refractivity (Wildman–Crippen MR) is 110 cm³/mol. The van der Waals surface area contributed by atoms with Crippen LogP contribution in [0.4, 0.5) is 9.18 Å². The van der Waals surface area contributed by atoms with Gasteiger partial charge in [0.2, 0.25) is 0 Å². The molecule has 2 N–H and O–H groups in total. The highest BCUT2D eigenvalue weighted by atomic mass is 35.5. The number of nitrogens with one attached hydrogen (secondary N) is 1. The van der Waals surface area contributed by atoms with Crippen molar-refractivity contribution in [1.82, 2.24) is 5.32 Å². The summed E-state index contributed by atoms with van der Waals surface area (Å²) < 4.78 is 25.1. The quantitative estimate of drug-likeness (QED) is 0.510. The van der Waals surface area contributed by atoms with Crippen LogP contribution in [0.15, 0.2) is 12.1 Å². The Morgan fingerprint density at radius 1 is 1.25 bits per heavy atom. The maximum absolute atomic E-state index is 14.4. The fraction of sp³-hybridized carbons (Fsp3) is 0.667. The molecule has 0 saturated carbocycles. The molecule has 0 bridgehead atoms. The van der Waals surface area contributed by atoms with Crippen LogP contribution < -0.4 is 10.1 Å². The zero-order chi connectivity index (χ0) is 21.4. The minimum atomic E-state index is -0.902. The molecule has 0 aliphatic carbocycles. The van der Waals surface area contributed by atoms with E-state index in [9.17, 15) is 14.3 Å². The van der Waals surface area contributed by atoms with Gasteiger partial charge in [0.05, 0.1) is 23.8 Å². The first-order valence-corrected chi connectivity index (χ1v) is 10.1. The molecule has 0 aromatic heterocycles. The van der Waals surface area contributed by atoms with Crippen LogP contribution in [-0.4, -0.2) is 35.6 Å². The molecule has 0 heterocycles. The van der Waals surface area contributed by atoms with Crippen LogP contribution >= 0.6 is 11.6 Å². The number of carbonyl (C=O) groups excluding carboxylic acids is 1. The van der Waals surface area contributed by atoms with Crippen molar-refractivity contribution in [2.75, 3.05) is 13.2 Å². The van der Waals surface area contributed by atoms with E-state index in [1.165, 1.54) is 6.07 Å². The second kappa shape index (κ2) is 10.9. The molecule has 0 radical (unpaired) electrons. The van der Waals surface area contributed by atoms with Crippen molar-refractivity contribution in [3.8, 4) is 5.75 Å². The van der Waals surface area contributed by atoms with Crippen LogP contribution in [0.2, 0.25) is 5.02 Å². The van der Waals surface area contributed by atoms with Crippen molar-refractivity contribution >= 4 is 17.7 Å². The first-order chi connectivity index (χ1) is 13.0. The second-order valence-corrected chi connectivity index (χ2v) is 8.70. The van der Waals surface area contributed by atoms with Gasteiger partial charge in [-0.05, 0) is 64.7 Å². The fourth-order valence-corrected chi connectivity index (χ4v) is 2.86. The number of aryl methyl sites for hydroxylation is 1. The first-order valence-electron chi connectivity index (χ1n) is 9.72. The van der Waals surface area contributed by atoms with Crippen molar-refractivity contribution in [3.05, 3.63) is 28.5 Å². The normalized spacial score (nSPS) is 13.7. The number of rotatable bonds is 10. The van der Waals surface area contributed by atoms with Crippen LogP contribution in [-0.2, 0) is 11.2 Å². The minimum absolute atomic E-state index is 0.0679. The topological polar surface area (TPSA) is 67.8 Å². The van der Waals surface area contributed by atoms with Crippen LogP contribution in [0, 0.1) is 5.82 Å². The Morgan fingerprint density at radius 2 is 1.93 bits per heavy atom. The van der Waals surface area contributed by atoms with Gasteiger partial charge in [0.15, 0.2) is 11.6 Å². The third kappa shape index (κ3) is 8.65. The fourth-order valence-electron chi connectivity index (χ4n) is 2.57. The molecule has 0 aliphatic rings. The van der Waals surface area contributed by atoms with Gasteiger partial charge in [-0.3, -0.25) is 0 Å². The van der Waals surface area contributed by atoms with Crippen LogP contribution in [0.25, 0.3) is 0 Å². The average Bonchev–Trinajstić information content (AvgIpc) is 2.57. The molecule has 1 aromatic rings. The number of unbranched alkanes of at least 4 members (excludes halogenated alkanes) is 2. The Hall–Kier alpha value is -1.53. The maximum atomic E-state index is 14.4. The maximum Gasteiger partial charge on any atom is 0.408 e. The summed E-state index contributed by atoms with van der Waals surface area (Å²) >= 11 is 6.18. The van der Waals surface area contributed by atoms with Crippen molar-refractivity contribution in [2.24, 2.45) is 0 Å². The molecule has 1 aromatic carbocycles. The SMILES string of the molecule is CCCCCOc1c(F)cc(CCC(C)(CO)NC(=O)OC(C)(C)C)cc1Cl. The first kappa shape index (κ1) is 24.5. The van der Waals surface area contributed by atoms with Crippen LogP contribution in [0.1, 0.15) is 65.9 Å². The Balaban J connectivity index is 2.72. The Morgan fingerprint density at radius 3 is 2.46 bits per heavy atom. The van der Waals surface area contributed by atoms with Gasteiger partial charge >= 0.3 is 6.09 Å². The lowest BCUT2D eigenvalue weighted by molar-refractivity contribution is 0.0407. The van der Waals surface area contributed by atoms with E-state index < -0.39 is 23.1 Å². The monoisotopic (exact) mass is 417 g/mol. The summed E-state index contributed by atoms with van der Waals surface area (Å²) in [5.41, 5.74) is -0.876. The summed E-state index contributed by atoms with van der Waals surface area (Å²) in [5.74, 6) is -0.442. The lowest BCUT2D eigenvalue weighted by Crippen LogP contribution is -2.50. The van der Waals surface area contributed by atoms with Crippen molar-refractivity contribution in [3.63, 3.8) is 0 Å². The third-order valence-electron chi connectivity index (χ3n) is 4.17. The van der Waals surface area contributed by atoms with Gasteiger partial charge in [-0.15, -0.1) is 0 Å². The summed E-state index contributed by atoms with van der Waals surface area (Å²) in [6.07, 6.45) is 3.11. The lowest BCUT2D eigenvalue weighted by atomic mass is 9.94. The number of aliphatic hydroxyl groups is 1. The Bertz CT molecular complexity index is 625. The van der Waals surface area contributed by atoms with E-state index >= 15 is 0 Å². The zero-order valence-corrected chi connectivity index (χ0v) is 18.3. The number of hydrogen-bond acceptors (Lipinski definition) is 4. The Kier molecular flexibility index (Phi) is 9.51. The number of ether oxygens (including phenoxy) is 2. The highest BCUT2D eigenvalue weighted by molar-refractivity contribution is 6.32. The molecule has 0 saturated heterocycles. The summed E-state index contributed by atoms with van der Waals surface area (Å²) in [6, 6.07) is 3.04. The number of halogens is 2. The molecule has 7 heteroatoms. The van der Waals surface area contributed by atoms with E-state index in [2.05, 4.69) is 12.2 Å². The van der Waals surface area contributed by atoms with Crippen LogP contribution in [0.5, 0.6) is 5.75 Å². The van der Waals surface area contributed by atoms with E-state index in [4.69, 9.17) is 21.1 Å². The molecule has 1 rings (SSSR count). The number of hydrogen-bond donors (Lipinski definition) is 2. The average molecular weight is 418 g/mol. The number of aliphatic hydroxyl groups excluding tert-OH is 1. The highest BCUT2D eigenvalue weighted by Crippen LogP contribution is 2.30. The second-order valence-electron chi connectivity index (χ2n) is 8.29. The Labute approximate surface area is 172 Å². The minimum Gasteiger partial charge on any atom is -0.489 e. The lowest BCUT2D eigenvalue weighted by Gasteiger charge is -2.30. The van der Waals surface area contributed by atoms with Gasteiger partial charge in [-0.2, -0.15) is 0 Å². The predicted octanol–water partition coefficient (Wildman–Crippen LogP) is 5.26. The molecule has 28 heavy (non-hydrogen) atoms. The van der Waals surface area contributed by atoms with Crippen molar-refractivity contribution < 1.29 is 23.8 Å². The standard InChI is InChI=1S/C21H33ClFNO4/c1-6-7-8-11-27-18-16(22)12-15(13-17(18)23)9-10-21(5,14-25)24-19(26)28-20(2,3)4/h12-13,25H,6-11,14H2,1-5H3,(H,24,26). The number of amides is 1. The smallest absolute Gasteiger partial charge is 0.408 e. The van der Waals surface area contributed by atoms with Crippen molar-refractivity contribution in [2.45, 2.75) is 77.9 Å². The van der Waals surface area contributed by atoms with Crippen LogP contribution in [0.3, 0.4) is 0 Å². The molecule has 160 valence electrons. The van der Waals surface area contributed by atoms with Gasteiger partial charge in [-0.1, -0.05) is 31.4 Å². The molecular formula is C21H33ClFNO4. The molecule has 1 amide bonds. The summed E-state index contributed by atoms with van der Waals surface area (Å²) in [5, 5.41) is 12.6. The molecule has 5 nitrogen and oxygen atoms in total. The van der Waals surface area contributed by atoms with Crippen molar-refractivity contribution in [1.29, 1.82) is 0 Å². The third-order valence-corrected chi connectivity index (χ3v) is 4.45. The van der Waals surface area contributed by atoms with Gasteiger partial charge < -0.3 is 19.9 Å². The van der Waals surface area contributed by atoms with E-state index in [0.29, 0.717) is 25.0 Å². The van der Waals surface area contributed by atoms with E-state index in [0.717, 1.165) is 19.3 Å². The molecule has 1 atom stereocenters. The molecule has 1 unspecified atom stereocenters. The summed E-state index contributed by atoms with van der Waals surface area (Å²) in [6.45, 7) is 9.23. The summed E-state index contributed by atoms with van der Waals surface area (Å²) in [4.78, 5) is 12.0. The molecule has 0 aliphatic heterocycles. The molecule has 0 spiro atoms. The zero-order valence-electron chi connectivity index (χ0n) is 17.5. The molecule has 0 fully saturated rings. The number of alkyl carbamates (subject to hydrolysis) is 1.